The van der Waals surface area contributed by atoms with Crippen LogP contribution < -0.4 is 21.6 Å². The number of rotatable bonds is 7. The van der Waals surface area contributed by atoms with E-state index in [1.54, 1.807) is 18.3 Å². The first kappa shape index (κ1) is 25.5. The molecule has 40 heavy (non-hydrogen) atoms. The third-order valence-electron chi connectivity index (χ3n) is 9.29. The predicted octanol–water partition coefficient (Wildman–Crippen LogP) is 5.26. The van der Waals surface area contributed by atoms with Gasteiger partial charge in [0.05, 0.1) is 32.9 Å². The number of nitriles is 1. The van der Waals surface area contributed by atoms with Crippen LogP contribution in [0.4, 0.5) is 15.8 Å². The zero-order valence-electron chi connectivity index (χ0n) is 22.5. The lowest BCUT2D eigenvalue weighted by atomic mass is 9.69. The normalized spacial score (nSPS) is 22.8. The van der Waals surface area contributed by atoms with Crippen molar-refractivity contribution in [2.45, 2.75) is 68.9 Å². The molecule has 2 atom stereocenters. The number of anilines is 2. The molecular weight excluding hydrogens is 524 g/mol. The molecule has 3 saturated carbocycles. The van der Waals surface area contributed by atoms with Crippen molar-refractivity contribution in [2.24, 2.45) is 5.41 Å². The summed E-state index contributed by atoms with van der Waals surface area (Å²) in [4.78, 5) is 4.56. The van der Waals surface area contributed by atoms with Crippen LogP contribution in [0.3, 0.4) is 0 Å². The van der Waals surface area contributed by atoms with E-state index in [1.807, 2.05) is 12.1 Å². The highest BCUT2D eigenvalue weighted by atomic mass is 35.5. The third kappa shape index (κ3) is 4.44. The fraction of sp³-hybridized carbons (Fsp3) is 0.400. The van der Waals surface area contributed by atoms with Crippen LogP contribution in [0.25, 0.3) is 10.9 Å². The molecule has 4 aliphatic rings. The summed E-state index contributed by atoms with van der Waals surface area (Å²) in [7, 11) is 2.06. The maximum Gasteiger partial charge on any atom is 0.148 e. The molecule has 2 unspecified atom stereocenters. The van der Waals surface area contributed by atoms with E-state index in [9.17, 15) is 9.65 Å². The average Bonchev–Trinajstić information content (AvgIpc) is 3.86. The number of hydrogen-bond donors (Lipinski definition) is 4. The predicted molar refractivity (Wildman–Crippen MR) is 158 cm³/mol. The summed E-state index contributed by atoms with van der Waals surface area (Å²) in [6.07, 6.45) is 13.5. The van der Waals surface area contributed by atoms with E-state index in [0.717, 1.165) is 47.3 Å². The largest absolute Gasteiger partial charge is 0.380 e. The van der Waals surface area contributed by atoms with Crippen LogP contribution in [0, 0.1) is 22.6 Å². The quantitative estimate of drug-likeness (QED) is 0.296. The van der Waals surface area contributed by atoms with Crippen molar-refractivity contribution in [3.63, 3.8) is 0 Å². The second-order valence-electron chi connectivity index (χ2n) is 12.0. The van der Waals surface area contributed by atoms with Crippen molar-refractivity contribution in [1.82, 2.24) is 21.0 Å². The van der Waals surface area contributed by atoms with Crippen LogP contribution in [0.2, 0.25) is 5.02 Å². The molecule has 7 nitrogen and oxygen atoms in total. The highest BCUT2D eigenvalue weighted by molar-refractivity contribution is 6.36. The van der Waals surface area contributed by atoms with Gasteiger partial charge >= 0.3 is 0 Å². The molecule has 1 aliphatic heterocycles. The fourth-order valence-electron chi connectivity index (χ4n) is 6.61. The number of pyridine rings is 1. The van der Waals surface area contributed by atoms with Gasteiger partial charge < -0.3 is 16.1 Å². The number of fused-ring (bicyclic) bond motifs is 1. The Hall–Kier alpha value is -3.48. The summed E-state index contributed by atoms with van der Waals surface area (Å²) in [5, 5.41) is 20.8. The van der Waals surface area contributed by atoms with Crippen molar-refractivity contribution >= 4 is 41.7 Å². The van der Waals surface area contributed by atoms with E-state index in [0.29, 0.717) is 33.6 Å². The number of benzene rings is 2. The Kier molecular flexibility index (Phi) is 6.10. The molecule has 2 heterocycles. The highest BCUT2D eigenvalue weighted by Crippen LogP contribution is 2.58. The zero-order valence-corrected chi connectivity index (χ0v) is 23.3. The standard InChI is InChI=1S/C30H32BClFN7/c31-30(19-4-6-20(33)7-5-19,26-17-40(39-38-26)22-8-9-22)37-21-12-23-27(18(15-34)16-35-28(23)24(32)13-21)36-25-14-29(25)10-2-1-3-11-29/h4-7,12-13,16-17,22,25,37-39H,1-3,8-11,14,31H2,(H,35,36). The molecule has 0 saturated heterocycles. The SMILES string of the molecule is BC(Nc1cc(Cl)c2ncc(C#N)c(NC3CC34CCCCC4)c2c1)(C1=CN(C2CC2)NN1)c1ccc(F)cc1. The third-order valence-corrected chi connectivity index (χ3v) is 9.57. The van der Waals surface area contributed by atoms with E-state index in [2.05, 4.69) is 51.7 Å². The molecule has 3 fully saturated rings. The first-order chi connectivity index (χ1) is 19.4. The second kappa shape index (κ2) is 9.57. The van der Waals surface area contributed by atoms with Gasteiger partial charge in [-0.05, 0) is 67.3 Å². The van der Waals surface area contributed by atoms with Gasteiger partial charge in [-0.25, -0.2) is 4.39 Å². The lowest BCUT2D eigenvalue weighted by Gasteiger charge is -2.34. The van der Waals surface area contributed by atoms with Crippen LogP contribution >= 0.6 is 11.6 Å². The molecule has 0 amide bonds. The van der Waals surface area contributed by atoms with Crippen molar-refractivity contribution in [2.75, 3.05) is 10.6 Å². The molecular formula is C30H32BClFN7. The van der Waals surface area contributed by atoms with E-state index in [1.165, 1.54) is 44.2 Å². The van der Waals surface area contributed by atoms with E-state index < -0.39 is 5.44 Å². The summed E-state index contributed by atoms with van der Waals surface area (Å²) in [5.74, 6) is -0.285. The zero-order chi connectivity index (χ0) is 27.5. The Bertz CT molecular complexity index is 1540. The van der Waals surface area contributed by atoms with Gasteiger partial charge in [0.25, 0.3) is 0 Å². The van der Waals surface area contributed by atoms with Gasteiger partial charge in [-0.15, -0.1) is 5.53 Å². The lowest BCUT2D eigenvalue weighted by Crippen LogP contribution is -2.45. The smallest absolute Gasteiger partial charge is 0.148 e. The van der Waals surface area contributed by atoms with E-state index >= 15 is 0 Å². The van der Waals surface area contributed by atoms with E-state index in [4.69, 9.17) is 11.6 Å². The van der Waals surface area contributed by atoms with Gasteiger partial charge in [0.1, 0.15) is 19.7 Å². The Morgan fingerprint density at radius 1 is 1.18 bits per heavy atom. The Balaban J connectivity index is 1.28. The van der Waals surface area contributed by atoms with Gasteiger partial charge in [0, 0.05) is 35.6 Å². The summed E-state index contributed by atoms with van der Waals surface area (Å²) in [5.41, 5.74) is 10.8. The molecule has 4 N–H and O–H groups in total. The lowest BCUT2D eigenvalue weighted by molar-refractivity contribution is 0.260. The molecule has 0 bridgehead atoms. The Labute approximate surface area is 239 Å². The minimum absolute atomic E-state index is 0.285. The second-order valence-corrected chi connectivity index (χ2v) is 12.4. The highest BCUT2D eigenvalue weighted by Gasteiger charge is 2.54. The molecule has 3 aliphatic carbocycles. The van der Waals surface area contributed by atoms with Gasteiger partial charge in [0.15, 0.2) is 0 Å². The maximum atomic E-state index is 13.9. The number of hydrazine groups is 2. The van der Waals surface area contributed by atoms with Crippen LogP contribution in [0.1, 0.15) is 62.5 Å². The van der Waals surface area contributed by atoms with Crippen molar-refractivity contribution in [1.29, 1.82) is 5.26 Å². The minimum Gasteiger partial charge on any atom is -0.380 e. The van der Waals surface area contributed by atoms with Gasteiger partial charge in [-0.2, -0.15) is 5.26 Å². The van der Waals surface area contributed by atoms with Crippen LogP contribution in [0.5, 0.6) is 0 Å². The minimum atomic E-state index is -0.738. The van der Waals surface area contributed by atoms with E-state index in [-0.39, 0.29) is 5.82 Å². The number of nitrogens with zero attached hydrogens (tertiary/aromatic N) is 3. The summed E-state index contributed by atoms with van der Waals surface area (Å²) in [6.45, 7) is 0. The van der Waals surface area contributed by atoms with Gasteiger partial charge in [-0.1, -0.05) is 43.0 Å². The van der Waals surface area contributed by atoms with Crippen molar-refractivity contribution < 1.29 is 4.39 Å². The molecule has 204 valence electrons. The molecule has 1 spiro atoms. The first-order valence-electron chi connectivity index (χ1n) is 14.2. The average molecular weight is 556 g/mol. The topological polar surface area (TPSA) is 88.0 Å². The fourth-order valence-corrected chi connectivity index (χ4v) is 6.87. The number of nitrogens with one attached hydrogen (secondary N) is 4. The monoisotopic (exact) mass is 555 g/mol. The summed E-state index contributed by atoms with van der Waals surface area (Å²) >= 11 is 6.84. The molecule has 3 aromatic rings. The molecule has 2 aromatic carbocycles. The molecule has 1 aromatic heterocycles. The summed E-state index contributed by atoms with van der Waals surface area (Å²) in [6, 6.07) is 13.6. The molecule has 10 heteroatoms. The summed E-state index contributed by atoms with van der Waals surface area (Å²) < 4.78 is 13.9. The first-order valence-corrected chi connectivity index (χ1v) is 14.6. The Morgan fingerprint density at radius 2 is 1.95 bits per heavy atom. The number of halogens is 2. The number of aromatic nitrogens is 1. The molecule has 0 radical (unpaired) electrons. The van der Waals surface area contributed by atoms with Crippen LogP contribution in [0.15, 0.2) is 54.5 Å². The molecule has 7 rings (SSSR count). The Morgan fingerprint density at radius 3 is 2.67 bits per heavy atom. The van der Waals surface area contributed by atoms with Crippen LogP contribution in [-0.4, -0.2) is 29.9 Å². The van der Waals surface area contributed by atoms with Crippen molar-refractivity contribution in [3.8, 4) is 6.07 Å². The van der Waals surface area contributed by atoms with Gasteiger partial charge in [0.2, 0.25) is 0 Å². The van der Waals surface area contributed by atoms with Gasteiger partial charge in [-0.3, -0.25) is 9.99 Å². The van der Waals surface area contributed by atoms with Crippen LogP contribution in [-0.2, 0) is 5.44 Å². The van der Waals surface area contributed by atoms with Crippen molar-refractivity contribution in [3.05, 3.63) is 76.5 Å². The maximum absolute atomic E-state index is 13.9. The number of hydrogen-bond acceptors (Lipinski definition) is 7.